The molecule has 0 saturated carbocycles. The van der Waals surface area contributed by atoms with E-state index in [1.807, 2.05) is 0 Å². The summed E-state index contributed by atoms with van der Waals surface area (Å²) in [6.45, 7) is 1.15. The molecule has 0 aliphatic carbocycles. The number of ether oxygens (including phenoxy) is 2. The Kier molecular flexibility index (Phi) is 7.45. The van der Waals surface area contributed by atoms with Gasteiger partial charge < -0.3 is 20.1 Å². The summed E-state index contributed by atoms with van der Waals surface area (Å²) in [5, 5.41) is 5.73. The first-order chi connectivity index (χ1) is 13.3. The maximum atomic E-state index is 12.2. The molecule has 0 atom stereocenters. The highest BCUT2D eigenvalue weighted by molar-refractivity contribution is 5.95. The Bertz CT molecular complexity index is 818. The Balaban J connectivity index is 2.15. The summed E-state index contributed by atoms with van der Waals surface area (Å²) in [6.07, 6.45) is -1.29. The zero-order chi connectivity index (χ0) is 20.6. The first-order valence-electron chi connectivity index (χ1n) is 8.47. The smallest absolute Gasteiger partial charge is 0.496 e. The Morgan fingerprint density at radius 3 is 2.39 bits per heavy atom. The van der Waals surface area contributed by atoms with E-state index in [2.05, 4.69) is 15.4 Å². The van der Waals surface area contributed by atoms with Crippen LogP contribution in [-0.2, 0) is 0 Å². The maximum absolute atomic E-state index is 12.2. The molecule has 2 N–H and O–H groups in total. The van der Waals surface area contributed by atoms with Crippen molar-refractivity contribution in [3.8, 4) is 11.5 Å². The van der Waals surface area contributed by atoms with Crippen molar-refractivity contribution < 1.29 is 27.4 Å². The fourth-order valence-corrected chi connectivity index (χ4v) is 2.38. The van der Waals surface area contributed by atoms with Crippen molar-refractivity contribution in [2.75, 3.05) is 27.2 Å². The van der Waals surface area contributed by atoms with E-state index in [0.717, 1.165) is 0 Å². The second kappa shape index (κ2) is 9.80. The van der Waals surface area contributed by atoms with Gasteiger partial charge in [0.2, 0.25) is 0 Å². The van der Waals surface area contributed by atoms with E-state index in [-0.39, 0.29) is 11.7 Å². The number of benzene rings is 2. The summed E-state index contributed by atoms with van der Waals surface area (Å²) in [4.78, 5) is 12.2. The molecule has 0 aromatic heterocycles. The molecule has 8 heteroatoms. The predicted octanol–water partition coefficient (Wildman–Crippen LogP) is 3.71. The number of carbonyl (C=O) groups is 1. The summed E-state index contributed by atoms with van der Waals surface area (Å²) in [6, 6.07) is 10.5. The first kappa shape index (κ1) is 21.3. The Hall–Kier alpha value is -3.00. The summed E-state index contributed by atoms with van der Waals surface area (Å²) < 4.78 is 45.8. The van der Waals surface area contributed by atoms with Gasteiger partial charge in [-0.2, -0.15) is 0 Å². The van der Waals surface area contributed by atoms with Crippen LogP contribution < -0.4 is 20.1 Å². The maximum Gasteiger partial charge on any atom is 0.573 e. The summed E-state index contributed by atoms with van der Waals surface area (Å²) in [5.41, 5.74) is 1.81. The molecule has 2 rings (SSSR count). The monoisotopic (exact) mass is 394 g/mol. The van der Waals surface area contributed by atoms with Crippen molar-refractivity contribution in [3.05, 3.63) is 59.2 Å². The third-order valence-electron chi connectivity index (χ3n) is 3.72. The molecular weight excluding hydrogens is 373 g/mol. The minimum absolute atomic E-state index is 0.207. The van der Waals surface area contributed by atoms with E-state index >= 15 is 0 Å². The largest absolute Gasteiger partial charge is 0.573 e. The number of hydrogen-bond acceptors (Lipinski definition) is 4. The highest BCUT2D eigenvalue weighted by Crippen LogP contribution is 2.25. The highest BCUT2D eigenvalue weighted by atomic mass is 19.4. The SMILES string of the molecule is CNCCNC(=O)c1ccc(OC)c(/C=C/c2ccc(OC(F)(F)F)cc2)c1. The molecule has 1 amide bonds. The average Bonchev–Trinajstić information content (AvgIpc) is 2.66. The molecule has 150 valence electrons. The van der Waals surface area contributed by atoms with Crippen LogP contribution >= 0.6 is 0 Å². The molecule has 28 heavy (non-hydrogen) atoms. The van der Waals surface area contributed by atoms with E-state index in [0.29, 0.717) is 35.5 Å². The van der Waals surface area contributed by atoms with Crippen molar-refractivity contribution in [1.29, 1.82) is 0 Å². The van der Waals surface area contributed by atoms with Gasteiger partial charge >= 0.3 is 6.36 Å². The van der Waals surface area contributed by atoms with Crippen LogP contribution in [0.3, 0.4) is 0 Å². The van der Waals surface area contributed by atoms with E-state index < -0.39 is 6.36 Å². The fraction of sp³-hybridized carbons (Fsp3) is 0.250. The van der Waals surface area contributed by atoms with Crippen LogP contribution in [0.25, 0.3) is 12.2 Å². The molecule has 0 bridgehead atoms. The zero-order valence-corrected chi connectivity index (χ0v) is 15.5. The molecule has 2 aromatic rings. The summed E-state index contributed by atoms with van der Waals surface area (Å²) >= 11 is 0. The molecule has 5 nitrogen and oxygen atoms in total. The van der Waals surface area contributed by atoms with Crippen LogP contribution in [0.4, 0.5) is 13.2 Å². The number of likely N-dealkylation sites (N-methyl/N-ethyl adjacent to an activating group) is 1. The quantitative estimate of drug-likeness (QED) is 0.529. The normalized spacial score (nSPS) is 11.5. The molecule has 2 aromatic carbocycles. The van der Waals surface area contributed by atoms with Gasteiger partial charge in [0.25, 0.3) is 5.91 Å². The summed E-state index contributed by atoms with van der Waals surface area (Å²) in [5.74, 6) is 0.0729. The number of nitrogens with one attached hydrogen (secondary N) is 2. The van der Waals surface area contributed by atoms with E-state index in [4.69, 9.17) is 4.74 Å². The van der Waals surface area contributed by atoms with Crippen LogP contribution in [0.2, 0.25) is 0 Å². The number of halogens is 3. The van der Waals surface area contributed by atoms with Crippen molar-refractivity contribution in [2.45, 2.75) is 6.36 Å². The van der Waals surface area contributed by atoms with Crippen LogP contribution in [0, 0.1) is 0 Å². The van der Waals surface area contributed by atoms with E-state index in [1.54, 1.807) is 37.4 Å². The second-order valence-electron chi connectivity index (χ2n) is 5.77. The predicted molar refractivity (Wildman–Crippen MR) is 101 cm³/mol. The van der Waals surface area contributed by atoms with Crippen LogP contribution in [0.5, 0.6) is 11.5 Å². The topological polar surface area (TPSA) is 59.6 Å². The van der Waals surface area contributed by atoms with Crippen LogP contribution in [-0.4, -0.2) is 39.5 Å². The second-order valence-corrected chi connectivity index (χ2v) is 5.77. The Labute approximate surface area is 161 Å². The van der Waals surface area contributed by atoms with Gasteiger partial charge in [-0.1, -0.05) is 24.3 Å². The molecule has 0 heterocycles. The Morgan fingerprint density at radius 1 is 1.07 bits per heavy atom. The minimum atomic E-state index is -4.72. The van der Waals surface area contributed by atoms with Gasteiger partial charge in [-0.15, -0.1) is 13.2 Å². The van der Waals surface area contributed by atoms with Gasteiger partial charge in [0.15, 0.2) is 0 Å². The molecule has 0 saturated heterocycles. The number of alkyl halides is 3. The molecular formula is C20H21F3N2O3. The van der Waals surface area contributed by atoms with Gasteiger partial charge in [0, 0.05) is 24.2 Å². The molecule has 0 unspecified atom stereocenters. The fourth-order valence-electron chi connectivity index (χ4n) is 2.38. The van der Waals surface area contributed by atoms with Crippen molar-refractivity contribution >= 4 is 18.1 Å². The molecule has 0 aliphatic rings. The highest BCUT2D eigenvalue weighted by Gasteiger charge is 2.30. The number of rotatable bonds is 8. The number of carbonyl (C=O) groups excluding carboxylic acids is 1. The Morgan fingerprint density at radius 2 is 1.79 bits per heavy atom. The van der Waals surface area contributed by atoms with E-state index in [1.165, 1.54) is 31.4 Å². The molecule has 0 fully saturated rings. The number of amides is 1. The lowest BCUT2D eigenvalue weighted by Gasteiger charge is -2.09. The van der Waals surface area contributed by atoms with Gasteiger partial charge in [0.05, 0.1) is 7.11 Å². The van der Waals surface area contributed by atoms with Crippen molar-refractivity contribution in [3.63, 3.8) is 0 Å². The average molecular weight is 394 g/mol. The lowest BCUT2D eigenvalue weighted by Crippen LogP contribution is -2.30. The summed E-state index contributed by atoms with van der Waals surface area (Å²) in [7, 11) is 3.31. The van der Waals surface area contributed by atoms with Gasteiger partial charge in [-0.3, -0.25) is 4.79 Å². The number of methoxy groups -OCH3 is 1. The van der Waals surface area contributed by atoms with E-state index in [9.17, 15) is 18.0 Å². The van der Waals surface area contributed by atoms with Gasteiger partial charge in [-0.25, -0.2) is 0 Å². The third kappa shape index (κ3) is 6.62. The standard InChI is InChI=1S/C20H21F3N2O3/c1-24-11-12-25-19(26)16-7-10-18(27-2)15(13-16)6-3-14-4-8-17(9-5-14)28-20(21,22)23/h3-10,13,24H,11-12H2,1-2H3,(H,25,26)/b6-3+. The minimum Gasteiger partial charge on any atom is -0.496 e. The van der Waals surface area contributed by atoms with Gasteiger partial charge in [0.1, 0.15) is 11.5 Å². The molecule has 0 radical (unpaired) electrons. The molecule has 0 spiro atoms. The lowest BCUT2D eigenvalue weighted by atomic mass is 10.1. The third-order valence-corrected chi connectivity index (χ3v) is 3.72. The van der Waals surface area contributed by atoms with Crippen molar-refractivity contribution in [1.82, 2.24) is 10.6 Å². The number of hydrogen-bond donors (Lipinski definition) is 2. The van der Waals surface area contributed by atoms with Crippen LogP contribution in [0.15, 0.2) is 42.5 Å². The lowest BCUT2D eigenvalue weighted by molar-refractivity contribution is -0.274. The van der Waals surface area contributed by atoms with Crippen molar-refractivity contribution in [2.24, 2.45) is 0 Å². The van der Waals surface area contributed by atoms with Gasteiger partial charge in [-0.05, 0) is 42.9 Å². The zero-order valence-electron chi connectivity index (χ0n) is 15.5. The first-order valence-corrected chi connectivity index (χ1v) is 8.47. The molecule has 0 aliphatic heterocycles. The van der Waals surface area contributed by atoms with Crippen LogP contribution in [0.1, 0.15) is 21.5 Å².